The van der Waals surface area contributed by atoms with Crippen LogP contribution in [0, 0.1) is 0 Å². The maximum Gasteiger partial charge on any atom is 0.160 e. The third-order valence-electron chi connectivity index (χ3n) is 21.1. The normalized spacial score (nSPS) is 12.1. The molecule has 22 aromatic rings. The predicted molar refractivity (Wildman–Crippen MR) is 419 cm³/mol. The Labute approximate surface area is 582 Å². The summed E-state index contributed by atoms with van der Waals surface area (Å²) in [5.74, 6) is 0.615. The molecular formula is C94H55N5O3. The number of para-hydroxylation sites is 6. The molecule has 8 heteroatoms. The summed E-state index contributed by atoms with van der Waals surface area (Å²) in [7, 11) is 0. The van der Waals surface area contributed by atoms with Crippen molar-refractivity contribution < 1.29 is 13.3 Å². The summed E-state index contributed by atoms with van der Waals surface area (Å²) in [4.78, 5) is 11.1. The van der Waals surface area contributed by atoms with Crippen LogP contribution in [0.1, 0.15) is 0 Å². The fourth-order valence-electron chi connectivity index (χ4n) is 16.2. The van der Waals surface area contributed by atoms with Crippen LogP contribution in [-0.2, 0) is 0 Å². The number of hydrogen-bond donors (Lipinski definition) is 0. The van der Waals surface area contributed by atoms with Gasteiger partial charge in [-0.15, -0.1) is 0 Å². The van der Waals surface area contributed by atoms with Crippen molar-refractivity contribution in [2.24, 2.45) is 0 Å². The van der Waals surface area contributed by atoms with E-state index < -0.39 is 0 Å². The van der Waals surface area contributed by atoms with Crippen molar-refractivity contribution >= 4 is 131 Å². The molecular weight excluding hydrogens is 1250 g/mol. The lowest BCUT2D eigenvalue weighted by molar-refractivity contribution is 0.668. The Morgan fingerprint density at radius 2 is 0.471 bits per heavy atom. The van der Waals surface area contributed by atoms with E-state index in [1.54, 1.807) is 0 Å². The molecule has 0 N–H and O–H groups in total. The zero-order valence-corrected chi connectivity index (χ0v) is 54.7. The molecule has 0 amide bonds. The molecule has 0 aliphatic rings. The minimum absolute atomic E-state index is 0.615. The number of benzene rings is 15. The van der Waals surface area contributed by atoms with E-state index in [9.17, 15) is 0 Å². The van der Waals surface area contributed by atoms with Gasteiger partial charge >= 0.3 is 0 Å². The maximum absolute atomic E-state index is 6.41. The smallest absolute Gasteiger partial charge is 0.160 e. The zero-order valence-electron chi connectivity index (χ0n) is 54.7. The molecule has 7 heterocycles. The molecule has 0 saturated carbocycles. The minimum Gasteiger partial charge on any atom is -0.456 e. The summed E-state index contributed by atoms with van der Waals surface area (Å²) in [6.07, 6.45) is 0. The van der Waals surface area contributed by atoms with E-state index >= 15 is 0 Å². The summed E-state index contributed by atoms with van der Waals surface area (Å²) in [6, 6.07) is 120. The Hall–Kier alpha value is -13.8. The van der Waals surface area contributed by atoms with Crippen molar-refractivity contribution in [1.82, 2.24) is 23.7 Å². The zero-order chi connectivity index (χ0) is 66.7. The van der Waals surface area contributed by atoms with E-state index in [1.165, 1.54) is 32.3 Å². The van der Waals surface area contributed by atoms with Crippen molar-refractivity contribution in [2.75, 3.05) is 0 Å². The van der Waals surface area contributed by atoms with Crippen LogP contribution in [0.5, 0.6) is 0 Å². The number of nitrogens with zero attached hydrogens (tertiary/aromatic N) is 5. The summed E-state index contributed by atoms with van der Waals surface area (Å²) in [6.45, 7) is 0. The Morgan fingerprint density at radius 3 is 0.853 bits per heavy atom. The Kier molecular flexibility index (Phi) is 12.0. The second kappa shape index (κ2) is 21.8. The van der Waals surface area contributed by atoms with Gasteiger partial charge in [-0.2, -0.15) is 0 Å². The summed E-state index contributed by atoms with van der Waals surface area (Å²) in [5.41, 5.74) is 26.1. The minimum atomic E-state index is 0.615. The second-order valence-electron chi connectivity index (χ2n) is 26.8. The van der Waals surface area contributed by atoms with Crippen LogP contribution in [0.2, 0.25) is 0 Å². The highest BCUT2D eigenvalue weighted by Gasteiger charge is 2.22. The maximum atomic E-state index is 6.41. The van der Waals surface area contributed by atoms with Crippen LogP contribution in [0.3, 0.4) is 0 Å². The first-order valence-corrected chi connectivity index (χ1v) is 34.6. The Bertz CT molecular complexity index is 6960. The molecule has 474 valence electrons. The monoisotopic (exact) mass is 1300 g/mol. The van der Waals surface area contributed by atoms with Crippen molar-refractivity contribution in [1.29, 1.82) is 0 Å². The van der Waals surface area contributed by atoms with Gasteiger partial charge in [0.05, 0.1) is 44.5 Å². The lowest BCUT2D eigenvalue weighted by Crippen LogP contribution is -1.99. The first kappa shape index (κ1) is 56.2. The largest absolute Gasteiger partial charge is 0.456 e. The topological polar surface area (TPSA) is 80.0 Å². The van der Waals surface area contributed by atoms with Gasteiger partial charge in [0.2, 0.25) is 0 Å². The van der Waals surface area contributed by atoms with Crippen molar-refractivity contribution in [3.05, 3.63) is 334 Å². The van der Waals surface area contributed by atoms with E-state index in [0.717, 1.165) is 177 Å². The molecule has 0 aliphatic carbocycles. The van der Waals surface area contributed by atoms with Crippen LogP contribution in [-0.4, -0.2) is 23.7 Å². The molecule has 22 rings (SSSR count). The van der Waals surface area contributed by atoms with Crippen LogP contribution >= 0.6 is 0 Å². The Morgan fingerprint density at radius 1 is 0.176 bits per heavy atom. The SMILES string of the molecule is c1cc(-c2nc(-c3ccc(-n4c5ccccc5c5ccc(-c6ccc7c(c6)oc6ccccc67)cc54)cc3)cc(-c3ccc(-n4c5ccccc5c5ccc(-c6ccc7c(c6)oc6ccccc67)cc54)cc3)n2)cc(-n2c3ccccc3c3ccc(-c4ccc5c(c4)oc4ccccc45)cc32)c1. The van der Waals surface area contributed by atoms with Crippen LogP contribution < -0.4 is 0 Å². The summed E-state index contributed by atoms with van der Waals surface area (Å²) >= 11 is 0. The molecule has 0 fully saturated rings. The molecule has 0 saturated heterocycles. The quantitative estimate of drug-likeness (QED) is 0.144. The van der Waals surface area contributed by atoms with Crippen molar-refractivity contribution in [3.8, 4) is 84.3 Å². The Balaban J connectivity index is 0.675. The van der Waals surface area contributed by atoms with Gasteiger partial charge in [0.25, 0.3) is 0 Å². The van der Waals surface area contributed by atoms with Gasteiger partial charge in [-0.25, -0.2) is 9.97 Å². The van der Waals surface area contributed by atoms with Gasteiger partial charge in [-0.3, -0.25) is 0 Å². The molecule has 0 radical (unpaired) electrons. The second-order valence-corrected chi connectivity index (χ2v) is 26.8. The standard InChI is InChI=1S/C94H55N5O3/c1-7-22-82-68(16-1)71-42-32-58(61-35-45-77-74-19-4-10-25-88(74)100-91(77)52-61)49-85(71)97(82)65-38-28-56(29-39-65)80-55-81(57-30-40-66(41-31-57)98-83-23-8-2-17-69(83)72-43-33-59(50-86(72)98)62-36-46-78-75-20-5-11-26-89(75)101-92(78)53-62)96-94(95-80)64-14-13-15-67(48-64)99-84-24-9-3-18-70(84)73-44-34-60(51-87(73)99)63-37-47-79-76-21-6-12-27-90(76)102-93(79)54-63/h1-55H. The van der Waals surface area contributed by atoms with Gasteiger partial charge in [0.15, 0.2) is 5.82 Å². The highest BCUT2D eigenvalue weighted by molar-refractivity contribution is 6.15. The van der Waals surface area contributed by atoms with Crippen LogP contribution in [0.25, 0.3) is 216 Å². The van der Waals surface area contributed by atoms with Gasteiger partial charge in [0.1, 0.15) is 33.5 Å². The van der Waals surface area contributed by atoms with Gasteiger partial charge < -0.3 is 27.0 Å². The molecule has 7 aromatic heterocycles. The van der Waals surface area contributed by atoms with E-state index in [1.807, 2.05) is 36.4 Å². The first-order chi connectivity index (χ1) is 50.5. The first-order valence-electron chi connectivity index (χ1n) is 34.6. The van der Waals surface area contributed by atoms with Gasteiger partial charge in [0, 0.05) is 98.4 Å². The molecule has 0 aliphatic heterocycles. The third kappa shape index (κ3) is 8.69. The fourth-order valence-corrected chi connectivity index (χ4v) is 16.2. The molecule has 8 nitrogen and oxygen atoms in total. The van der Waals surface area contributed by atoms with E-state index in [2.05, 4.69) is 311 Å². The molecule has 15 aromatic carbocycles. The average molecular weight is 1300 g/mol. The summed E-state index contributed by atoms with van der Waals surface area (Å²) < 4.78 is 26.3. The van der Waals surface area contributed by atoms with Crippen LogP contribution in [0.15, 0.2) is 347 Å². The molecule has 0 bridgehead atoms. The number of furan rings is 3. The van der Waals surface area contributed by atoms with Crippen molar-refractivity contribution in [3.63, 3.8) is 0 Å². The number of fused-ring (bicyclic) bond motifs is 18. The highest BCUT2D eigenvalue weighted by atomic mass is 16.3. The van der Waals surface area contributed by atoms with Gasteiger partial charge in [-0.1, -0.05) is 200 Å². The third-order valence-corrected chi connectivity index (χ3v) is 21.1. The van der Waals surface area contributed by atoms with E-state index in [-0.39, 0.29) is 0 Å². The number of rotatable bonds is 9. The predicted octanol–water partition coefficient (Wildman–Crippen LogP) is 25.5. The number of aromatic nitrogens is 5. The lowest BCUT2D eigenvalue weighted by atomic mass is 10.0. The average Bonchev–Trinajstić information content (AvgIpc) is 1.58. The molecule has 0 atom stereocenters. The molecule has 0 unspecified atom stereocenters. The van der Waals surface area contributed by atoms with Crippen molar-refractivity contribution in [2.45, 2.75) is 0 Å². The number of hydrogen-bond acceptors (Lipinski definition) is 5. The molecule has 102 heavy (non-hydrogen) atoms. The highest BCUT2D eigenvalue weighted by Crippen LogP contribution is 2.43. The summed E-state index contributed by atoms with van der Waals surface area (Å²) in [5, 5.41) is 13.8. The lowest BCUT2D eigenvalue weighted by Gasteiger charge is -2.14. The van der Waals surface area contributed by atoms with Crippen LogP contribution in [0.4, 0.5) is 0 Å². The molecule has 0 spiro atoms. The fraction of sp³-hybridized carbons (Fsp3) is 0. The van der Waals surface area contributed by atoms with E-state index in [4.69, 9.17) is 23.2 Å². The van der Waals surface area contributed by atoms with Gasteiger partial charge in [-0.05, 0) is 167 Å². The van der Waals surface area contributed by atoms with E-state index in [0.29, 0.717) is 5.82 Å².